The zero-order valence-electron chi connectivity index (χ0n) is 10.6. The summed E-state index contributed by atoms with van der Waals surface area (Å²) in [4.78, 5) is 12.2. The van der Waals surface area contributed by atoms with Crippen molar-refractivity contribution in [3.05, 3.63) is 16.3 Å². The molecule has 0 radical (unpaired) electrons. The molecule has 0 saturated heterocycles. The van der Waals surface area contributed by atoms with Gasteiger partial charge in [0.05, 0.1) is 5.69 Å². The van der Waals surface area contributed by atoms with Crippen LogP contribution in [0.15, 0.2) is 11.4 Å². The summed E-state index contributed by atoms with van der Waals surface area (Å²) in [6.45, 7) is 5.19. The Hall–Kier alpha value is -0.910. The third-order valence-electron chi connectivity index (χ3n) is 2.42. The number of ether oxygens (including phenoxy) is 1. The van der Waals surface area contributed by atoms with Crippen molar-refractivity contribution in [2.24, 2.45) is 0 Å². The number of carbonyl (C=O) groups is 1. The minimum Gasteiger partial charge on any atom is -0.385 e. The van der Waals surface area contributed by atoms with Crippen LogP contribution >= 0.6 is 11.3 Å². The Bertz CT molecular complexity index is 352. The predicted octanol–water partition coefficient (Wildman–Crippen LogP) is 2.22. The van der Waals surface area contributed by atoms with E-state index in [0.29, 0.717) is 6.04 Å². The van der Waals surface area contributed by atoms with Gasteiger partial charge in [-0.05, 0) is 24.8 Å². The van der Waals surface area contributed by atoms with E-state index in [9.17, 15) is 4.79 Å². The van der Waals surface area contributed by atoms with E-state index in [2.05, 4.69) is 17.6 Å². The number of hydrogen-bond donors (Lipinski definition) is 2. The highest BCUT2D eigenvalue weighted by Crippen LogP contribution is 2.22. The fraction of sp³-hybridized carbons (Fsp3) is 0.583. The molecule has 0 aliphatic heterocycles. The summed E-state index contributed by atoms with van der Waals surface area (Å²) in [5.74, 6) is -0.0305. The Balaban J connectivity index is 2.40. The summed E-state index contributed by atoms with van der Waals surface area (Å²) in [6.07, 6.45) is 0.983. The molecule has 0 fully saturated rings. The van der Waals surface area contributed by atoms with Crippen molar-refractivity contribution in [2.75, 3.05) is 19.0 Å². The minimum absolute atomic E-state index is 0.0305. The van der Waals surface area contributed by atoms with Crippen molar-refractivity contribution in [3.8, 4) is 0 Å². The Morgan fingerprint density at radius 3 is 3.00 bits per heavy atom. The number of methoxy groups -OCH3 is 1. The van der Waals surface area contributed by atoms with Gasteiger partial charge in [0.2, 0.25) is 5.91 Å². The lowest BCUT2D eigenvalue weighted by atomic mass is 10.2. The highest BCUT2D eigenvalue weighted by atomic mass is 32.1. The average molecular weight is 256 g/mol. The molecule has 1 amide bonds. The van der Waals surface area contributed by atoms with Crippen molar-refractivity contribution in [1.82, 2.24) is 5.32 Å². The van der Waals surface area contributed by atoms with E-state index in [4.69, 9.17) is 4.74 Å². The van der Waals surface area contributed by atoms with Crippen molar-refractivity contribution in [2.45, 2.75) is 32.9 Å². The monoisotopic (exact) mass is 256 g/mol. The lowest BCUT2D eigenvalue weighted by Crippen LogP contribution is -2.26. The van der Waals surface area contributed by atoms with E-state index in [1.807, 2.05) is 11.4 Å². The molecule has 0 aliphatic rings. The largest absolute Gasteiger partial charge is 0.385 e. The van der Waals surface area contributed by atoms with E-state index in [1.165, 1.54) is 6.92 Å². The molecule has 0 bridgehead atoms. The summed E-state index contributed by atoms with van der Waals surface area (Å²) in [5.41, 5.74) is 0.911. The van der Waals surface area contributed by atoms with Gasteiger partial charge in [-0.25, -0.2) is 0 Å². The maximum Gasteiger partial charge on any atom is 0.221 e. The van der Waals surface area contributed by atoms with Gasteiger partial charge >= 0.3 is 0 Å². The zero-order chi connectivity index (χ0) is 12.7. The number of hydrogen-bond acceptors (Lipinski definition) is 4. The van der Waals surface area contributed by atoms with Gasteiger partial charge in [0.15, 0.2) is 0 Å². The van der Waals surface area contributed by atoms with Crippen LogP contribution in [0.25, 0.3) is 0 Å². The molecule has 96 valence electrons. The molecule has 1 unspecified atom stereocenters. The van der Waals surface area contributed by atoms with E-state index >= 15 is 0 Å². The first-order valence-corrected chi connectivity index (χ1v) is 6.57. The van der Waals surface area contributed by atoms with Crippen LogP contribution in [0.2, 0.25) is 0 Å². The summed E-state index contributed by atoms with van der Waals surface area (Å²) in [7, 11) is 1.71. The molecule has 1 rings (SSSR count). The number of nitrogens with one attached hydrogen (secondary N) is 2. The van der Waals surface area contributed by atoms with E-state index in [-0.39, 0.29) is 5.91 Å². The molecular weight excluding hydrogens is 236 g/mol. The SMILES string of the molecule is COCCC(C)NCc1sccc1NC(C)=O. The Kier molecular flexibility index (Phi) is 6.18. The van der Waals surface area contributed by atoms with E-state index in [1.54, 1.807) is 18.4 Å². The second kappa shape index (κ2) is 7.42. The third kappa shape index (κ3) is 5.30. The van der Waals surface area contributed by atoms with Gasteiger partial charge < -0.3 is 15.4 Å². The van der Waals surface area contributed by atoms with Gasteiger partial charge in [-0.15, -0.1) is 11.3 Å². The van der Waals surface area contributed by atoms with Gasteiger partial charge in [-0.1, -0.05) is 0 Å². The molecule has 2 N–H and O–H groups in total. The second-order valence-corrected chi connectivity index (χ2v) is 5.00. The van der Waals surface area contributed by atoms with Crippen LogP contribution in [0.1, 0.15) is 25.1 Å². The molecule has 1 atom stereocenters. The topological polar surface area (TPSA) is 50.4 Å². The first-order valence-electron chi connectivity index (χ1n) is 5.69. The minimum atomic E-state index is -0.0305. The molecule has 17 heavy (non-hydrogen) atoms. The van der Waals surface area contributed by atoms with Crippen LogP contribution in [0.3, 0.4) is 0 Å². The van der Waals surface area contributed by atoms with Crippen molar-refractivity contribution in [3.63, 3.8) is 0 Å². The lowest BCUT2D eigenvalue weighted by molar-refractivity contribution is -0.114. The van der Waals surface area contributed by atoms with Gasteiger partial charge in [-0.3, -0.25) is 4.79 Å². The Morgan fingerprint density at radius 2 is 2.35 bits per heavy atom. The third-order valence-corrected chi connectivity index (χ3v) is 3.34. The van der Waals surface area contributed by atoms with Gasteiger partial charge in [0.1, 0.15) is 0 Å². The maximum absolute atomic E-state index is 11.0. The van der Waals surface area contributed by atoms with Crippen LogP contribution in [-0.4, -0.2) is 25.7 Å². The Labute approximate surface area is 106 Å². The number of anilines is 1. The van der Waals surface area contributed by atoms with Crippen LogP contribution < -0.4 is 10.6 Å². The molecule has 1 aromatic rings. The van der Waals surface area contributed by atoms with E-state index < -0.39 is 0 Å². The standard InChI is InChI=1S/C12H20N2O2S/c1-9(4-6-16-3)13-8-12-11(5-7-17-12)14-10(2)15/h5,7,9,13H,4,6,8H2,1-3H3,(H,14,15). The lowest BCUT2D eigenvalue weighted by Gasteiger charge is -2.13. The number of amides is 1. The molecule has 0 spiro atoms. The van der Waals surface area contributed by atoms with Crippen LogP contribution in [0.5, 0.6) is 0 Å². The molecule has 0 saturated carbocycles. The highest BCUT2D eigenvalue weighted by molar-refractivity contribution is 7.10. The summed E-state index contributed by atoms with van der Waals surface area (Å²) >= 11 is 1.65. The zero-order valence-corrected chi connectivity index (χ0v) is 11.4. The quantitative estimate of drug-likeness (QED) is 0.786. The second-order valence-electron chi connectivity index (χ2n) is 4.00. The predicted molar refractivity (Wildman–Crippen MR) is 71.4 cm³/mol. The van der Waals surface area contributed by atoms with Crippen LogP contribution in [0.4, 0.5) is 5.69 Å². The summed E-state index contributed by atoms with van der Waals surface area (Å²) < 4.78 is 5.03. The molecule has 4 nitrogen and oxygen atoms in total. The maximum atomic E-state index is 11.0. The number of thiophene rings is 1. The first kappa shape index (κ1) is 14.2. The molecule has 1 aromatic heterocycles. The summed E-state index contributed by atoms with van der Waals surface area (Å²) in [5, 5.41) is 8.23. The molecular formula is C12H20N2O2S. The van der Waals surface area contributed by atoms with Gasteiger partial charge in [0, 0.05) is 38.1 Å². The van der Waals surface area contributed by atoms with Crippen molar-refractivity contribution >= 4 is 22.9 Å². The normalized spacial score (nSPS) is 12.4. The number of rotatable bonds is 7. The fourth-order valence-corrected chi connectivity index (χ4v) is 2.22. The first-order chi connectivity index (χ1) is 8.13. The molecule has 1 heterocycles. The fourth-order valence-electron chi connectivity index (χ4n) is 1.44. The average Bonchev–Trinajstić information content (AvgIpc) is 2.70. The number of carbonyl (C=O) groups excluding carboxylic acids is 1. The molecule has 5 heteroatoms. The van der Waals surface area contributed by atoms with Crippen molar-refractivity contribution in [1.29, 1.82) is 0 Å². The van der Waals surface area contributed by atoms with Gasteiger partial charge in [0.25, 0.3) is 0 Å². The molecule has 0 aliphatic carbocycles. The van der Waals surface area contributed by atoms with Gasteiger partial charge in [-0.2, -0.15) is 0 Å². The highest BCUT2D eigenvalue weighted by Gasteiger charge is 2.07. The van der Waals surface area contributed by atoms with Crippen molar-refractivity contribution < 1.29 is 9.53 Å². The molecule has 0 aromatic carbocycles. The van der Waals surface area contributed by atoms with Crippen LogP contribution in [-0.2, 0) is 16.1 Å². The van der Waals surface area contributed by atoms with Crippen LogP contribution in [0, 0.1) is 0 Å². The smallest absolute Gasteiger partial charge is 0.221 e. The van der Waals surface area contributed by atoms with E-state index in [0.717, 1.165) is 30.1 Å². The summed E-state index contributed by atoms with van der Waals surface area (Å²) in [6, 6.07) is 2.34. The Morgan fingerprint density at radius 1 is 1.59 bits per heavy atom.